The van der Waals surface area contributed by atoms with Crippen LogP contribution in [0.5, 0.6) is 0 Å². The van der Waals surface area contributed by atoms with Gasteiger partial charge in [-0.15, -0.1) is 11.6 Å². The van der Waals surface area contributed by atoms with Gasteiger partial charge in [0, 0.05) is 11.3 Å². The van der Waals surface area contributed by atoms with Crippen molar-refractivity contribution in [2.45, 2.75) is 64.7 Å². The molecule has 0 radical (unpaired) electrons. The van der Waals surface area contributed by atoms with Gasteiger partial charge in [-0.05, 0) is 66.8 Å². The van der Waals surface area contributed by atoms with Gasteiger partial charge < -0.3 is 0 Å². The van der Waals surface area contributed by atoms with Gasteiger partial charge in [-0.1, -0.05) is 39.0 Å². The number of rotatable bonds is 4. The Morgan fingerprint density at radius 3 is 2.30 bits per heavy atom. The summed E-state index contributed by atoms with van der Waals surface area (Å²) in [6.45, 7) is 6.68. The van der Waals surface area contributed by atoms with Gasteiger partial charge in [-0.3, -0.25) is 4.98 Å². The molecule has 1 aliphatic rings. The quantitative estimate of drug-likeness (QED) is 0.623. The number of hydrogen-bond donors (Lipinski definition) is 0. The summed E-state index contributed by atoms with van der Waals surface area (Å²) in [4.78, 5) is 5.08. The first kappa shape index (κ1) is 16.5. The van der Waals surface area contributed by atoms with E-state index in [1.54, 1.807) is 0 Å². The summed E-state index contributed by atoms with van der Waals surface area (Å²) in [7, 11) is 0. The second-order valence-corrected chi connectivity index (χ2v) is 6.93. The summed E-state index contributed by atoms with van der Waals surface area (Å²) < 4.78 is 0. The summed E-state index contributed by atoms with van der Waals surface area (Å²) in [5.41, 5.74) is 9.24. The molecule has 0 fully saturated rings. The fourth-order valence-electron chi connectivity index (χ4n) is 3.82. The summed E-state index contributed by atoms with van der Waals surface area (Å²) in [5.74, 6) is 0. The van der Waals surface area contributed by atoms with Crippen LogP contribution < -0.4 is 0 Å². The third kappa shape index (κ3) is 3.04. The lowest BCUT2D eigenvalue weighted by molar-refractivity contribution is 0.645. The third-order valence-electron chi connectivity index (χ3n) is 5.04. The van der Waals surface area contributed by atoms with Crippen LogP contribution in [-0.2, 0) is 25.7 Å². The minimum absolute atomic E-state index is 0.141. The minimum Gasteiger partial charge on any atom is -0.252 e. The molecule has 1 aromatic heterocycles. The lowest BCUT2D eigenvalue weighted by atomic mass is 9.88. The number of hydrogen-bond acceptors (Lipinski definition) is 1. The molecule has 0 bridgehead atoms. The highest BCUT2D eigenvalue weighted by molar-refractivity contribution is 6.21. The summed E-state index contributed by atoms with van der Waals surface area (Å²) in [6, 6.07) is 8.96. The lowest BCUT2D eigenvalue weighted by Crippen LogP contribution is -2.12. The maximum atomic E-state index is 6.61. The molecule has 1 nitrogen and oxygen atoms in total. The van der Waals surface area contributed by atoms with Gasteiger partial charge >= 0.3 is 0 Å². The Balaban J connectivity index is 2.22. The fraction of sp³-hybridized carbons (Fsp3) is 0.476. The molecule has 0 aliphatic heterocycles. The predicted octanol–water partition coefficient (Wildman–Crippen LogP) is 6.05. The Bertz CT molecular complexity index is 666. The van der Waals surface area contributed by atoms with Crippen LogP contribution in [0.25, 0.3) is 11.3 Å². The molecule has 1 aliphatic carbocycles. The Labute approximate surface area is 145 Å². The van der Waals surface area contributed by atoms with Gasteiger partial charge in [0.1, 0.15) is 0 Å². The monoisotopic (exact) mass is 327 g/mol. The van der Waals surface area contributed by atoms with Crippen molar-refractivity contribution in [1.82, 2.24) is 4.98 Å². The number of pyridine rings is 1. The van der Waals surface area contributed by atoms with E-state index < -0.39 is 0 Å². The minimum atomic E-state index is 0.141. The van der Waals surface area contributed by atoms with E-state index in [4.69, 9.17) is 16.6 Å². The topological polar surface area (TPSA) is 12.9 Å². The number of fused-ring (bicyclic) bond motifs is 1. The van der Waals surface area contributed by atoms with E-state index in [9.17, 15) is 0 Å². The first-order valence-electron chi connectivity index (χ1n) is 8.97. The van der Waals surface area contributed by atoms with E-state index in [0.717, 1.165) is 44.2 Å². The van der Waals surface area contributed by atoms with Gasteiger partial charge in [-0.25, -0.2) is 0 Å². The standard InChI is InChI=1S/C21H26ClN/c1-4-14-9-7-10-15(5-2)20(14)19-13-16(6-3)21-17(22)11-8-12-18(21)23-19/h7,9-10,13,17H,4-6,8,11-12H2,1-3H3. The lowest BCUT2D eigenvalue weighted by Gasteiger charge is -2.24. The van der Waals surface area contributed by atoms with Crippen LogP contribution in [-0.4, -0.2) is 4.98 Å². The second-order valence-electron chi connectivity index (χ2n) is 6.40. The maximum Gasteiger partial charge on any atom is 0.0713 e. The molecule has 1 heterocycles. The Morgan fingerprint density at radius 1 is 1.04 bits per heavy atom. The Kier molecular flexibility index (Phi) is 5.06. The molecule has 122 valence electrons. The molecule has 23 heavy (non-hydrogen) atoms. The zero-order valence-corrected chi connectivity index (χ0v) is 15.2. The van der Waals surface area contributed by atoms with Crippen molar-refractivity contribution in [3.05, 3.63) is 52.2 Å². The molecule has 1 unspecified atom stereocenters. The molecule has 2 heteroatoms. The molecule has 3 rings (SSSR count). The van der Waals surface area contributed by atoms with E-state index in [1.165, 1.54) is 33.5 Å². The number of alkyl halides is 1. The van der Waals surface area contributed by atoms with Crippen molar-refractivity contribution >= 4 is 11.6 Å². The van der Waals surface area contributed by atoms with Crippen molar-refractivity contribution in [1.29, 1.82) is 0 Å². The van der Waals surface area contributed by atoms with Crippen molar-refractivity contribution < 1.29 is 0 Å². The number of aryl methyl sites for hydroxylation is 4. The zero-order chi connectivity index (χ0) is 16.4. The highest BCUT2D eigenvalue weighted by atomic mass is 35.5. The molecule has 0 saturated heterocycles. The number of halogens is 1. The highest BCUT2D eigenvalue weighted by Crippen LogP contribution is 2.39. The summed E-state index contributed by atoms with van der Waals surface area (Å²) >= 11 is 6.61. The van der Waals surface area contributed by atoms with E-state index in [-0.39, 0.29) is 5.38 Å². The predicted molar refractivity (Wildman–Crippen MR) is 99.3 cm³/mol. The average molecular weight is 328 g/mol. The Hall–Kier alpha value is -1.34. The number of nitrogens with zero attached hydrogens (tertiary/aromatic N) is 1. The van der Waals surface area contributed by atoms with Crippen LogP contribution in [0.3, 0.4) is 0 Å². The molecule has 0 amide bonds. The van der Waals surface area contributed by atoms with Gasteiger partial charge in [0.25, 0.3) is 0 Å². The van der Waals surface area contributed by atoms with Gasteiger partial charge in [0.2, 0.25) is 0 Å². The third-order valence-corrected chi connectivity index (χ3v) is 5.48. The van der Waals surface area contributed by atoms with Crippen LogP contribution in [0.2, 0.25) is 0 Å². The Morgan fingerprint density at radius 2 is 1.70 bits per heavy atom. The molecular formula is C21H26ClN. The van der Waals surface area contributed by atoms with E-state index in [1.807, 2.05) is 0 Å². The summed E-state index contributed by atoms with van der Waals surface area (Å²) in [6.07, 6.45) is 6.40. The first-order valence-corrected chi connectivity index (χ1v) is 9.41. The van der Waals surface area contributed by atoms with Crippen LogP contribution in [0.4, 0.5) is 0 Å². The number of benzene rings is 1. The highest BCUT2D eigenvalue weighted by Gasteiger charge is 2.24. The van der Waals surface area contributed by atoms with Gasteiger partial charge in [-0.2, -0.15) is 0 Å². The van der Waals surface area contributed by atoms with Crippen LogP contribution in [0.1, 0.15) is 66.9 Å². The fourth-order valence-corrected chi connectivity index (χ4v) is 4.24. The van der Waals surface area contributed by atoms with Crippen LogP contribution in [0.15, 0.2) is 24.3 Å². The maximum absolute atomic E-state index is 6.61. The molecule has 0 spiro atoms. The van der Waals surface area contributed by atoms with E-state index in [0.29, 0.717) is 0 Å². The second kappa shape index (κ2) is 7.05. The largest absolute Gasteiger partial charge is 0.252 e. The van der Waals surface area contributed by atoms with Gasteiger partial charge in [0.05, 0.1) is 11.1 Å². The molecule has 2 aromatic rings. The SMILES string of the molecule is CCc1cccc(CC)c1-c1cc(CC)c2c(n1)CCCC2Cl. The average Bonchev–Trinajstić information content (AvgIpc) is 2.60. The molecular weight excluding hydrogens is 302 g/mol. The van der Waals surface area contributed by atoms with Crippen molar-refractivity contribution in [2.24, 2.45) is 0 Å². The molecule has 0 N–H and O–H groups in total. The summed E-state index contributed by atoms with van der Waals surface area (Å²) in [5, 5.41) is 0.141. The van der Waals surface area contributed by atoms with Crippen LogP contribution in [0, 0.1) is 0 Å². The van der Waals surface area contributed by atoms with Crippen LogP contribution >= 0.6 is 11.6 Å². The first-order chi connectivity index (χ1) is 11.2. The van der Waals surface area contributed by atoms with Gasteiger partial charge in [0.15, 0.2) is 0 Å². The smallest absolute Gasteiger partial charge is 0.0713 e. The van der Waals surface area contributed by atoms with Crippen molar-refractivity contribution in [2.75, 3.05) is 0 Å². The number of aromatic nitrogens is 1. The normalized spacial score (nSPS) is 17.1. The molecule has 0 saturated carbocycles. The molecule has 1 atom stereocenters. The van der Waals surface area contributed by atoms with Crippen molar-refractivity contribution in [3.8, 4) is 11.3 Å². The van der Waals surface area contributed by atoms with Crippen molar-refractivity contribution in [3.63, 3.8) is 0 Å². The van der Waals surface area contributed by atoms with E-state index >= 15 is 0 Å². The van der Waals surface area contributed by atoms with E-state index in [2.05, 4.69) is 45.0 Å². The zero-order valence-electron chi connectivity index (χ0n) is 14.5. The molecule has 1 aromatic carbocycles.